The molecule has 0 radical (unpaired) electrons. The molecule has 0 unspecified atom stereocenters. The summed E-state index contributed by atoms with van der Waals surface area (Å²) in [6, 6.07) is 11.6. The third kappa shape index (κ3) is 6.46. The lowest BCUT2D eigenvalue weighted by molar-refractivity contribution is 0.0453. The minimum absolute atomic E-state index is 0.0667. The average molecular weight is 366 g/mol. The zero-order valence-corrected chi connectivity index (χ0v) is 14.8. The van der Waals surface area contributed by atoms with E-state index in [-0.39, 0.29) is 12.1 Å². The quantitative estimate of drug-likeness (QED) is 0.684. The highest BCUT2D eigenvalue weighted by atomic mass is 35.5. The first-order valence-corrected chi connectivity index (χ1v) is 8.44. The van der Waals surface area contributed by atoms with Gasteiger partial charge in [-0.25, -0.2) is 4.39 Å². The maximum atomic E-state index is 13.7. The Hall–Kier alpha value is -1.95. The van der Waals surface area contributed by atoms with Crippen molar-refractivity contribution >= 4 is 17.5 Å². The Morgan fingerprint density at radius 3 is 2.68 bits per heavy atom. The number of halogens is 2. The Balaban J connectivity index is 1.87. The molecular weight excluding hydrogens is 345 g/mol. The van der Waals surface area contributed by atoms with E-state index in [4.69, 9.17) is 21.1 Å². The van der Waals surface area contributed by atoms with Gasteiger partial charge in [0.1, 0.15) is 5.82 Å². The number of carbonyl (C=O) groups is 1. The largest absolute Gasteiger partial charge is 0.379 e. The fourth-order valence-corrected chi connectivity index (χ4v) is 2.40. The second-order valence-corrected chi connectivity index (χ2v) is 5.81. The SMILES string of the molecule is CCOCCOCc1cccc(CNC(=O)c2cc(Cl)ccc2F)c1. The summed E-state index contributed by atoms with van der Waals surface area (Å²) in [5.41, 5.74) is 1.83. The summed E-state index contributed by atoms with van der Waals surface area (Å²) in [6.45, 7) is 4.47. The molecule has 0 spiro atoms. The van der Waals surface area contributed by atoms with Gasteiger partial charge >= 0.3 is 0 Å². The first-order chi connectivity index (χ1) is 12.1. The second-order valence-electron chi connectivity index (χ2n) is 5.38. The molecule has 0 aliphatic heterocycles. The molecule has 0 aliphatic rings. The van der Waals surface area contributed by atoms with E-state index in [0.29, 0.717) is 31.5 Å². The zero-order chi connectivity index (χ0) is 18.1. The summed E-state index contributed by atoms with van der Waals surface area (Å²) in [4.78, 5) is 12.1. The first-order valence-electron chi connectivity index (χ1n) is 8.06. The smallest absolute Gasteiger partial charge is 0.254 e. The van der Waals surface area contributed by atoms with Crippen LogP contribution >= 0.6 is 11.6 Å². The summed E-state index contributed by atoms with van der Waals surface area (Å²) in [7, 11) is 0. The minimum Gasteiger partial charge on any atom is -0.379 e. The van der Waals surface area contributed by atoms with Gasteiger partial charge in [0.2, 0.25) is 0 Å². The monoisotopic (exact) mass is 365 g/mol. The van der Waals surface area contributed by atoms with Crippen LogP contribution in [0.1, 0.15) is 28.4 Å². The van der Waals surface area contributed by atoms with Crippen molar-refractivity contribution in [2.24, 2.45) is 0 Å². The molecule has 134 valence electrons. The van der Waals surface area contributed by atoms with Crippen molar-refractivity contribution in [3.63, 3.8) is 0 Å². The van der Waals surface area contributed by atoms with Gasteiger partial charge < -0.3 is 14.8 Å². The first kappa shape index (κ1) is 19.4. The predicted molar refractivity (Wildman–Crippen MR) is 95.2 cm³/mol. The highest BCUT2D eigenvalue weighted by Crippen LogP contribution is 2.15. The second kappa shape index (κ2) is 10.1. The molecule has 0 aromatic heterocycles. The number of rotatable bonds is 9. The highest BCUT2D eigenvalue weighted by Gasteiger charge is 2.12. The van der Waals surface area contributed by atoms with Gasteiger partial charge in [-0.1, -0.05) is 35.9 Å². The summed E-state index contributed by atoms with van der Waals surface area (Å²) in [5.74, 6) is -1.10. The van der Waals surface area contributed by atoms with Crippen LogP contribution in [-0.4, -0.2) is 25.7 Å². The molecule has 0 heterocycles. The summed E-state index contributed by atoms with van der Waals surface area (Å²) in [5, 5.41) is 3.01. The molecule has 2 aromatic rings. The van der Waals surface area contributed by atoms with Crippen molar-refractivity contribution in [3.05, 3.63) is 70.0 Å². The molecule has 4 nitrogen and oxygen atoms in total. The van der Waals surface area contributed by atoms with Crippen molar-refractivity contribution in [1.29, 1.82) is 0 Å². The van der Waals surface area contributed by atoms with Crippen LogP contribution in [0.15, 0.2) is 42.5 Å². The van der Waals surface area contributed by atoms with Crippen molar-refractivity contribution < 1.29 is 18.7 Å². The molecule has 0 atom stereocenters. The highest BCUT2D eigenvalue weighted by molar-refractivity contribution is 6.31. The Morgan fingerprint density at radius 1 is 1.12 bits per heavy atom. The molecule has 1 amide bonds. The Kier molecular flexibility index (Phi) is 7.85. The third-order valence-corrected chi connectivity index (χ3v) is 3.70. The summed E-state index contributed by atoms with van der Waals surface area (Å²) >= 11 is 5.81. The van der Waals surface area contributed by atoms with E-state index in [1.165, 1.54) is 18.2 Å². The average Bonchev–Trinajstić information content (AvgIpc) is 2.62. The third-order valence-electron chi connectivity index (χ3n) is 3.46. The van der Waals surface area contributed by atoms with Crippen molar-refractivity contribution in [2.75, 3.05) is 19.8 Å². The molecule has 1 N–H and O–H groups in total. The van der Waals surface area contributed by atoms with Crippen molar-refractivity contribution in [2.45, 2.75) is 20.1 Å². The van der Waals surface area contributed by atoms with Crippen molar-refractivity contribution in [1.82, 2.24) is 5.32 Å². The Bertz CT molecular complexity index is 709. The van der Waals surface area contributed by atoms with E-state index in [9.17, 15) is 9.18 Å². The number of benzene rings is 2. The van der Waals surface area contributed by atoms with E-state index >= 15 is 0 Å². The van der Waals surface area contributed by atoms with E-state index in [2.05, 4.69) is 5.32 Å². The summed E-state index contributed by atoms with van der Waals surface area (Å²) < 4.78 is 24.4. The van der Waals surface area contributed by atoms with Crippen LogP contribution in [0.5, 0.6) is 0 Å². The number of carbonyl (C=O) groups excluding carboxylic acids is 1. The van der Waals surface area contributed by atoms with Crippen LogP contribution in [0.2, 0.25) is 5.02 Å². The lowest BCUT2D eigenvalue weighted by Crippen LogP contribution is -2.23. The lowest BCUT2D eigenvalue weighted by atomic mass is 10.1. The van der Waals surface area contributed by atoms with Gasteiger partial charge in [-0.05, 0) is 36.2 Å². The van der Waals surface area contributed by atoms with Crippen LogP contribution in [-0.2, 0) is 22.6 Å². The molecule has 0 bridgehead atoms. The van der Waals surface area contributed by atoms with Crippen LogP contribution < -0.4 is 5.32 Å². The maximum absolute atomic E-state index is 13.7. The van der Waals surface area contributed by atoms with Gasteiger partial charge in [0.25, 0.3) is 5.91 Å². The number of hydrogen-bond donors (Lipinski definition) is 1. The van der Waals surface area contributed by atoms with Gasteiger partial charge in [-0.2, -0.15) is 0 Å². The lowest BCUT2D eigenvalue weighted by Gasteiger charge is -2.09. The maximum Gasteiger partial charge on any atom is 0.254 e. The topological polar surface area (TPSA) is 47.6 Å². The Morgan fingerprint density at radius 2 is 1.88 bits per heavy atom. The normalized spacial score (nSPS) is 10.7. The number of nitrogens with one attached hydrogen (secondary N) is 1. The molecule has 0 fully saturated rings. The molecule has 6 heteroatoms. The number of hydrogen-bond acceptors (Lipinski definition) is 3. The van der Waals surface area contributed by atoms with Crippen LogP contribution in [0, 0.1) is 5.82 Å². The van der Waals surface area contributed by atoms with Gasteiger partial charge in [-0.3, -0.25) is 4.79 Å². The molecule has 2 aromatic carbocycles. The number of amides is 1. The van der Waals surface area contributed by atoms with Crippen LogP contribution in [0.4, 0.5) is 4.39 Å². The fraction of sp³-hybridized carbons (Fsp3) is 0.316. The minimum atomic E-state index is -0.599. The van der Waals surface area contributed by atoms with E-state index < -0.39 is 11.7 Å². The van der Waals surface area contributed by atoms with Gasteiger partial charge in [-0.15, -0.1) is 0 Å². The van der Waals surface area contributed by atoms with E-state index in [1.54, 1.807) is 0 Å². The molecule has 0 saturated heterocycles. The molecular formula is C19H21ClFNO3. The molecule has 0 aliphatic carbocycles. The zero-order valence-electron chi connectivity index (χ0n) is 14.1. The molecule has 2 rings (SSSR count). The van der Waals surface area contributed by atoms with Gasteiger partial charge in [0.05, 0.1) is 25.4 Å². The predicted octanol–water partition coefficient (Wildman–Crippen LogP) is 3.96. The van der Waals surface area contributed by atoms with Gasteiger partial charge in [0.15, 0.2) is 0 Å². The van der Waals surface area contributed by atoms with Gasteiger partial charge in [0, 0.05) is 18.2 Å². The van der Waals surface area contributed by atoms with E-state index in [0.717, 1.165) is 11.1 Å². The Labute approximate surface area is 151 Å². The van der Waals surface area contributed by atoms with Crippen molar-refractivity contribution in [3.8, 4) is 0 Å². The van der Waals surface area contributed by atoms with Crippen LogP contribution in [0.3, 0.4) is 0 Å². The van der Waals surface area contributed by atoms with Crippen LogP contribution in [0.25, 0.3) is 0 Å². The van der Waals surface area contributed by atoms with E-state index in [1.807, 2.05) is 31.2 Å². The number of ether oxygens (including phenoxy) is 2. The fourth-order valence-electron chi connectivity index (χ4n) is 2.23. The molecule has 0 saturated carbocycles. The standard InChI is InChI=1S/C19H21ClFNO3/c1-2-24-8-9-25-13-15-5-3-4-14(10-15)12-22-19(23)17-11-16(20)6-7-18(17)21/h3-7,10-11H,2,8-9,12-13H2,1H3,(H,22,23). The summed E-state index contributed by atoms with van der Waals surface area (Å²) in [6.07, 6.45) is 0. The molecule has 25 heavy (non-hydrogen) atoms.